The molecule has 0 radical (unpaired) electrons. The summed E-state index contributed by atoms with van der Waals surface area (Å²) in [5.74, 6) is -3.73. The van der Waals surface area contributed by atoms with Crippen LogP contribution < -0.4 is 9.64 Å². The van der Waals surface area contributed by atoms with Crippen molar-refractivity contribution in [1.29, 1.82) is 0 Å². The van der Waals surface area contributed by atoms with Crippen LogP contribution in [-0.2, 0) is 26.8 Å². The van der Waals surface area contributed by atoms with E-state index >= 15 is 0 Å². The number of hydrogen-bond acceptors (Lipinski definition) is 9. The van der Waals surface area contributed by atoms with Crippen LogP contribution in [0.15, 0.2) is 60.4 Å². The number of rotatable bonds is 12. The number of esters is 1. The fourth-order valence-corrected chi connectivity index (χ4v) is 5.22. The van der Waals surface area contributed by atoms with E-state index in [1.165, 1.54) is 56.0 Å². The van der Waals surface area contributed by atoms with Gasteiger partial charge in [-0.05, 0) is 48.0 Å². The minimum Gasteiger partial charge on any atom is -0.465 e. The zero-order valence-corrected chi connectivity index (χ0v) is 25.6. The Morgan fingerprint density at radius 2 is 1.73 bits per heavy atom. The van der Waals surface area contributed by atoms with E-state index in [4.69, 9.17) is 30.5 Å². The quantitative estimate of drug-likeness (QED) is 0.120. The first kappa shape index (κ1) is 33.8. The van der Waals surface area contributed by atoms with Gasteiger partial charge in [-0.3, -0.25) is 14.7 Å². The van der Waals surface area contributed by atoms with Crippen LogP contribution in [0.4, 0.5) is 23.2 Å². The second kappa shape index (κ2) is 14.8. The summed E-state index contributed by atoms with van der Waals surface area (Å²) in [6, 6.07) is 7.11. The lowest BCUT2D eigenvalue weighted by Gasteiger charge is -2.32. The molecule has 0 spiro atoms. The average molecular weight is 668 g/mol. The minimum absolute atomic E-state index is 0.0566. The second-order valence-electron chi connectivity index (χ2n) is 9.47. The van der Waals surface area contributed by atoms with Crippen molar-refractivity contribution in [2.75, 3.05) is 39.4 Å². The van der Waals surface area contributed by atoms with Crippen molar-refractivity contribution < 1.29 is 46.1 Å². The summed E-state index contributed by atoms with van der Waals surface area (Å²) < 4.78 is 78.1. The van der Waals surface area contributed by atoms with Crippen molar-refractivity contribution in [3.63, 3.8) is 0 Å². The van der Waals surface area contributed by atoms with Crippen molar-refractivity contribution >= 4 is 40.5 Å². The van der Waals surface area contributed by atoms with Gasteiger partial charge < -0.3 is 18.9 Å². The number of anilines is 1. The molecule has 0 saturated heterocycles. The van der Waals surface area contributed by atoms with Crippen molar-refractivity contribution in [2.45, 2.75) is 18.6 Å². The van der Waals surface area contributed by atoms with E-state index in [1.54, 1.807) is 11.7 Å². The number of hydrogen-bond donors (Lipinski definition) is 0. The standard InChI is InChI=1S/C30H26ClF4N3O6S/c1-41-14-19(15-42-2)38(28(39)22-6-4-18(31)10-25(22)32)26-7-5-20(11-23(26)29(40)43-3)44-27-24(30(33,34)35)9-17(12-37-27)8-21-13-36-16-45-21/h4-7,9-13,16,19H,8,14-15H2,1-3H3. The molecule has 15 heteroatoms. The first-order valence-corrected chi connectivity index (χ1v) is 14.3. The molecule has 0 aliphatic carbocycles. The maximum absolute atomic E-state index is 14.9. The number of aromatic nitrogens is 2. The minimum atomic E-state index is -4.82. The summed E-state index contributed by atoms with van der Waals surface area (Å²) in [6.45, 7) is -0.194. The predicted molar refractivity (Wildman–Crippen MR) is 158 cm³/mol. The Kier molecular flexibility index (Phi) is 11.1. The smallest absolute Gasteiger partial charge is 0.421 e. The van der Waals surface area contributed by atoms with Gasteiger partial charge in [0.2, 0.25) is 5.88 Å². The molecule has 0 saturated carbocycles. The normalized spacial score (nSPS) is 11.5. The summed E-state index contributed by atoms with van der Waals surface area (Å²) in [6.07, 6.45) is -1.83. The highest BCUT2D eigenvalue weighted by Gasteiger charge is 2.37. The number of carbonyl (C=O) groups excluding carboxylic acids is 2. The molecule has 0 N–H and O–H groups in total. The summed E-state index contributed by atoms with van der Waals surface area (Å²) in [5, 5.41) is 0.0566. The van der Waals surface area contributed by atoms with Gasteiger partial charge in [0.05, 0.1) is 48.7 Å². The van der Waals surface area contributed by atoms with E-state index in [2.05, 4.69) is 9.97 Å². The Morgan fingerprint density at radius 3 is 2.33 bits per heavy atom. The largest absolute Gasteiger partial charge is 0.465 e. The van der Waals surface area contributed by atoms with E-state index in [1.807, 2.05) is 0 Å². The Balaban J connectivity index is 1.79. The van der Waals surface area contributed by atoms with Crippen LogP contribution in [0.25, 0.3) is 0 Å². The summed E-state index contributed by atoms with van der Waals surface area (Å²) in [5.41, 5.74) is 0.00640. The molecule has 45 heavy (non-hydrogen) atoms. The third kappa shape index (κ3) is 8.14. The zero-order chi connectivity index (χ0) is 32.7. The lowest BCUT2D eigenvalue weighted by Crippen LogP contribution is -2.46. The van der Waals surface area contributed by atoms with Crippen molar-refractivity contribution in [1.82, 2.24) is 9.97 Å². The monoisotopic (exact) mass is 667 g/mol. The van der Waals surface area contributed by atoms with E-state index in [9.17, 15) is 27.2 Å². The molecule has 2 heterocycles. The highest BCUT2D eigenvalue weighted by molar-refractivity contribution is 7.09. The Morgan fingerprint density at radius 1 is 1.00 bits per heavy atom. The number of halogens is 5. The molecule has 2 aromatic carbocycles. The van der Waals surface area contributed by atoms with E-state index in [0.717, 1.165) is 35.1 Å². The molecule has 0 bridgehead atoms. The molecule has 4 rings (SSSR count). The molecule has 1 amide bonds. The summed E-state index contributed by atoms with van der Waals surface area (Å²) >= 11 is 7.16. The average Bonchev–Trinajstić information content (AvgIpc) is 3.51. The molecule has 0 aliphatic rings. The molecule has 0 unspecified atom stereocenters. The van der Waals surface area contributed by atoms with Gasteiger partial charge in [0, 0.05) is 42.9 Å². The first-order chi connectivity index (χ1) is 21.5. The first-order valence-electron chi connectivity index (χ1n) is 13.1. The molecular formula is C30H26ClF4N3O6S. The number of benzene rings is 2. The van der Waals surface area contributed by atoms with Gasteiger partial charge in [-0.1, -0.05) is 11.6 Å². The van der Waals surface area contributed by atoms with Crippen LogP contribution in [0.3, 0.4) is 0 Å². The predicted octanol–water partition coefficient (Wildman–Crippen LogP) is 6.83. The van der Waals surface area contributed by atoms with Gasteiger partial charge in [-0.25, -0.2) is 14.2 Å². The maximum atomic E-state index is 14.9. The van der Waals surface area contributed by atoms with Gasteiger partial charge in [-0.2, -0.15) is 13.2 Å². The zero-order valence-electron chi connectivity index (χ0n) is 24.1. The van der Waals surface area contributed by atoms with Gasteiger partial charge in [0.15, 0.2) is 0 Å². The molecule has 2 aromatic heterocycles. The number of methoxy groups -OCH3 is 3. The van der Waals surface area contributed by atoms with E-state index in [0.29, 0.717) is 0 Å². The third-order valence-corrected chi connectivity index (χ3v) is 7.40. The number of pyridine rings is 1. The molecule has 0 atom stereocenters. The molecule has 238 valence electrons. The Bertz CT molecular complexity index is 1650. The van der Waals surface area contributed by atoms with Crippen LogP contribution >= 0.6 is 22.9 Å². The van der Waals surface area contributed by atoms with Crippen LogP contribution in [0.2, 0.25) is 5.02 Å². The maximum Gasteiger partial charge on any atom is 0.421 e. The fraction of sp³-hybridized carbons (Fsp3) is 0.267. The van der Waals surface area contributed by atoms with Crippen LogP contribution in [-0.4, -0.2) is 62.4 Å². The lowest BCUT2D eigenvalue weighted by molar-refractivity contribution is -0.138. The second-order valence-corrected chi connectivity index (χ2v) is 10.9. The number of thiazole rings is 1. The lowest BCUT2D eigenvalue weighted by atomic mass is 10.1. The number of amides is 1. The number of nitrogens with zero attached hydrogens (tertiary/aromatic N) is 3. The summed E-state index contributed by atoms with van der Waals surface area (Å²) in [7, 11) is 3.83. The Labute approximate surface area is 264 Å². The van der Waals surface area contributed by atoms with E-state index in [-0.39, 0.29) is 52.8 Å². The Hall–Kier alpha value is -4.11. The molecule has 0 fully saturated rings. The van der Waals surface area contributed by atoms with Gasteiger partial charge >= 0.3 is 12.1 Å². The van der Waals surface area contributed by atoms with Crippen LogP contribution in [0.1, 0.15) is 36.7 Å². The highest BCUT2D eigenvalue weighted by atomic mass is 35.5. The van der Waals surface area contributed by atoms with Crippen molar-refractivity contribution in [3.8, 4) is 11.6 Å². The topological polar surface area (TPSA) is 100 Å². The molecule has 4 aromatic rings. The number of carbonyl (C=O) groups is 2. The van der Waals surface area contributed by atoms with E-state index < -0.39 is 41.4 Å². The van der Waals surface area contributed by atoms with Crippen molar-refractivity contribution in [2.24, 2.45) is 0 Å². The number of ether oxygens (including phenoxy) is 4. The molecule has 9 nitrogen and oxygen atoms in total. The molecular weight excluding hydrogens is 642 g/mol. The van der Waals surface area contributed by atoms with Crippen LogP contribution in [0.5, 0.6) is 11.6 Å². The SMILES string of the molecule is COCC(COC)N(C(=O)c1ccc(Cl)cc1F)c1ccc(Oc2ncc(Cc3cncs3)cc2C(F)(F)F)cc1C(=O)OC. The van der Waals surface area contributed by atoms with Gasteiger partial charge in [-0.15, -0.1) is 11.3 Å². The van der Waals surface area contributed by atoms with Crippen LogP contribution in [0, 0.1) is 5.82 Å². The van der Waals surface area contributed by atoms with Crippen molar-refractivity contribution in [3.05, 3.63) is 98.3 Å². The van der Waals surface area contributed by atoms with Gasteiger partial charge in [0.25, 0.3) is 5.91 Å². The number of alkyl halides is 3. The molecule has 0 aliphatic heterocycles. The summed E-state index contributed by atoms with van der Waals surface area (Å²) in [4.78, 5) is 36.5. The highest BCUT2D eigenvalue weighted by Crippen LogP contribution is 2.39. The van der Waals surface area contributed by atoms with Gasteiger partial charge in [0.1, 0.15) is 17.1 Å². The third-order valence-electron chi connectivity index (χ3n) is 6.39. The fourth-order valence-electron chi connectivity index (χ4n) is 4.43.